The van der Waals surface area contributed by atoms with Crippen molar-refractivity contribution in [3.05, 3.63) is 50.4 Å². The molecule has 2 aromatic rings. The predicted molar refractivity (Wildman–Crippen MR) is 76.2 cm³/mol. The number of halogens is 1. The number of hydrogen-bond donors (Lipinski definition) is 1. The second-order valence-corrected chi connectivity index (χ2v) is 6.05. The highest BCUT2D eigenvalue weighted by atomic mass is 35.5. The van der Waals surface area contributed by atoms with Gasteiger partial charge in [0.05, 0.1) is 11.2 Å². The number of nitrogens with zero attached hydrogens (tertiary/aromatic N) is 1. The molecule has 2 nitrogen and oxygen atoms in total. The van der Waals surface area contributed by atoms with E-state index in [2.05, 4.69) is 29.4 Å². The van der Waals surface area contributed by atoms with E-state index in [0.717, 1.165) is 30.1 Å². The fourth-order valence-corrected chi connectivity index (χ4v) is 3.43. The number of aromatic nitrogens is 1. The standard InChI is InChI=1S/C14H15ClN2S/c1-9-14(18-8-17-9)7-16-13-5-2-10-6-11(15)3-4-12(10)13/h3-4,6,8,13,16H,2,5,7H2,1H3. The maximum absolute atomic E-state index is 6.02. The Morgan fingerprint density at radius 2 is 2.39 bits per heavy atom. The summed E-state index contributed by atoms with van der Waals surface area (Å²) >= 11 is 7.75. The largest absolute Gasteiger partial charge is 0.305 e. The maximum Gasteiger partial charge on any atom is 0.0798 e. The molecule has 0 fully saturated rings. The molecule has 0 amide bonds. The van der Waals surface area contributed by atoms with Gasteiger partial charge in [-0.15, -0.1) is 11.3 Å². The summed E-state index contributed by atoms with van der Waals surface area (Å²) in [5.74, 6) is 0. The predicted octanol–water partition coefficient (Wildman–Crippen LogP) is 3.88. The first kappa shape index (κ1) is 12.2. The number of aryl methyl sites for hydroxylation is 2. The summed E-state index contributed by atoms with van der Waals surface area (Å²) in [6.45, 7) is 2.97. The van der Waals surface area contributed by atoms with Gasteiger partial charge in [-0.05, 0) is 43.0 Å². The highest BCUT2D eigenvalue weighted by molar-refractivity contribution is 7.09. The van der Waals surface area contributed by atoms with Gasteiger partial charge in [-0.1, -0.05) is 17.7 Å². The van der Waals surface area contributed by atoms with Gasteiger partial charge >= 0.3 is 0 Å². The second-order valence-electron chi connectivity index (χ2n) is 4.68. The Morgan fingerprint density at radius 3 is 3.17 bits per heavy atom. The molecule has 3 rings (SSSR count). The first-order valence-electron chi connectivity index (χ1n) is 6.14. The second kappa shape index (κ2) is 5.00. The Morgan fingerprint density at radius 1 is 1.50 bits per heavy atom. The minimum absolute atomic E-state index is 0.457. The SMILES string of the molecule is Cc1ncsc1CNC1CCc2cc(Cl)ccc21. The van der Waals surface area contributed by atoms with Crippen LogP contribution in [0.5, 0.6) is 0 Å². The number of fused-ring (bicyclic) bond motifs is 1. The molecule has 1 aromatic carbocycles. The Labute approximate surface area is 116 Å². The summed E-state index contributed by atoms with van der Waals surface area (Å²) in [4.78, 5) is 5.61. The van der Waals surface area contributed by atoms with Crippen LogP contribution in [0.1, 0.15) is 34.2 Å². The quantitative estimate of drug-likeness (QED) is 0.922. The molecule has 0 saturated carbocycles. The summed E-state index contributed by atoms with van der Waals surface area (Å²) in [5.41, 5.74) is 5.85. The third-order valence-electron chi connectivity index (χ3n) is 3.54. The van der Waals surface area contributed by atoms with Crippen LogP contribution >= 0.6 is 22.9 Å². The molecule has 18 heavy (non-hydrogen) atoms. The van der Waals surface area contributed by atoms with E-state index in [-0.39, 0.29) is 0 Å². The van der Waals surface area contributed by atoms with Gasteiger partial charge in [0.15, 0.2) is 0 Å². The summed E-state index contributed by atoms with van der Waals surface area (Å²) in [6.07, 6.45) is 2.28. The molecule has 1 aliphatic rings. The van der Waals surface area contributed by atoms with Crippen molar-refractivity contribution in [2.24, 2.45) is 0 Å². The average Bonchev–Trinajstić information content (AvgIpc) is 2.93. The number of benzene rings is 1. The van der Waals surface area contributed by atoms with Crippen molar-refractivity contribution >= 4 is 22.9 Å². The van der Waals surface area contributed by atoms with E-state index in [4.69, 9.17) is 11.6 Å². The summed E-state index contributed by atoms with van der Waals surface area (Å²) in [7, 11) is 0. The smallest absolute Gasteiger partial charge is 0.0798 e. The van der Waals surface area contributed by atoms with Gasteiger partial charge in [-0.3, -0.25) is 0 Å². The van der Waals surface area contributed by atoms with Crippen LogP contribution in [-0.4, -0.2) is 4.98 Å². The minimum Gasteiger partial charge on any atom is -0.305 e. The lowest BCUT2D eigenvalue weighted by molar-refractivity contribution is 0.532. The summed E-state index contributed by atoms with van der Waals surface area (Å²) < 4.78 is 0. The molecule has 1 heterocycles. The van der Waals surface area contributed by atoms with Crippen LogP contribution in [0.15, 0.2) is 23.7 Å². The zero-order valence-electron chi connectivity index (χ0n) is 10.2. The Balaban J connectivity index is 1.71. The van der Waals surface area contributed by atoms with E-state index < -0.39 is 0 Å². The van der Waals surface area contributed by atoms with Crippen molar-refractivity contribution < 1.29 is 0 Å². The highest BCUT2D eigenvalue weighted by Gasteiger charge is 2.22. The third kappa shape index (κ3) is 2.30. The normalized spacial score (nSPS) is 18.0. The molecule has 94 valence electrons. The molecule has 0 aliphatic heterocycles. The molecule has 0 spiro atoms. The van der Waals surface area contributed by atoms with Gasteiger partial charge in [0, 0.05) is 22.5 Å². The summed E-state index contributed by atoms with van der Waals surface area (Å²) in [5, 5.41) is 4.47. The fourth-order valence-electron chi connectivity index (χ4n) is 2.51. The molecule has 4 heteroatoms. The first-order chi connectivity index (χ1) is 8.74. The van der Waals surface area contributed by atoms with Gasteiger partial charge in [-0.2, -0.15) is 0 Å². The van der Waals surface area contributed by atoms with Gasteiger partial charge in [0.1, 0.15) is 0 Å². The van der Waals surface area contributed by atoms with Crippen LogP contribution in [0, 0.1) is 6.92 Å². The van der Waals surface area contributed by atoms with Crippen molar-refractivity contribution in [2.45, 2.75) is 32.4 Å². The molecule has 1 unspecified atom stereocenters. The van der Waals surface area contributed by atoms with Gasteiger partial charge in [-0.25, -0.2) is 4.98 Å². The van der Waals surface area contributed by atoms with Gasteiger partial charge in [0.2, 0.25) is 0 Å². The number of nitrogens with one attached hydrogen (secondary N) is 1. The van der Waals surface area contributed by atoms with E-state index in [0.29, 0.717) is 6.04 Å². The van der Waals surface area contributed by atoms with Crippen LogP contribution < -0.4 is 5.32 Å². The summed E-state index contributed by atoms with van der Waals surface area (Å²) in [6, 6.07) is 6.69. The highest BCUT2D eigenvalue weighted by Crippen LogP contribution is 2.33. The molecule has 0 bridgehead atoms. The molecule has 1 atom stereocenters. The topological polar surface area (TPSA) is 24.9 Å². The maximum atomic E-state index is 6.02. The van der Waals surface area contributed by atoms with Crippen molar-refractivity contribution in [2.75, 3.05) is 0 Å². The lowest BCUT2D eigenvalue weighted by Crippen LogP contribution is -2.18. The van der Waals surface area contributed by atoms with Crippen LogP contribution in [0.2, 0.25) is 5.02 Å². The monoisotopic (exact) mass is 278 g/mol. The number of rotatable bonds is 3. The van der Waals surface area contributed by atoms with Crippen molar-refractivity contribution in [3.63, 3.8) is 0 Å². The van der Waals surface area contributed by atoms with Crippen LogP contribution in [0.4, 0.5) is 0 Å². The van der Waals surface area contributed by atoms with Crippen LogP contribution in [0.3, 0.4) is 0 Å². The zero-order valence-corrected chi connectivity index (χ0v) is 11.8. The number of thiazole rings is 1. The Bertz CT molecular complexity index is 565. The van der Waals surface area contributed by atoms with E-state index in [1.165, 1.54) is 16.0 Å². The first-order valence-corrected chi connectivity index (χ1v) is 7.40. The van der Waals surface area contributed by atoms with E-state index >= 15 is 0 Å². The van der Waals surface area contributed by atoms with Crippen molar-refractivity contribution in [1.29, 1.82) is 0 Å². The zero-order chi connectivity index (χ0) is 12.5. The minimum atomic E-state index is 0.457. The average molecular weight is 279 g/mol. The molecular weight excluding hydrogens is 264 g/mol. The molecule has 0 radical (unpaired) electrons. The lowest BCUT2D eigenvalue weighted by atomic mass is 10.1. The Hall–Kier alpha value is -0.900. The lowest BCUT2D eigenvalue weighted by Gasteiger charge is -2.13. The van der Waals surface area contributed by atoms with Gasteiger partial charge < -0.3 is 5.32 Å². The molecule has 0 saturated heterocycles. The molecule has 1 aromatic heterocycles. The number of hydrogen-bond acceptors (Lipinski definition) is 3. The van der Waals surface area contributed by atoms with E-state index in [1.54, 1.807) is 11.3 Å². The Kier molecular flexibility index (Phi) is 3.37. The van der Waals surface area contributed by atoms with E-state index in [9.17, 15) is 0 Å². The van der Waals surface area contributed by atoms with Gasteiger partial charge in [0.25, 0.3) is 0 Å². The molecule has 1 N–H and O–H groups in total. The van der Waals surface area contributed by atoms with E-state index in [1.807, 2.05) is 11.6 Å². The fraction of sp³-hybridized carbons (Fsp3) is 0.357. The van der Waals surface area contributed by atoms with Crippen molar-refractivity contribution in [3.8, 4) is 0 Å². The third-order valence-corrected chi connectivity index (χ3v) is 4.71. The van der Waals surface area contributed by atoms with Crippen LogP contribution in [-0.2, 0) is 13.0 Å². The van der Waals surface area contributed by atoms with Crippen molar-refractivity contribution in [1.82, 2.24) is 10.3 Å². The molecular formula is C14H15ClN2S. The molecule has 1 aliphatic carbocycles. The van der Waals surface area contributed by atoms with Crippen LogP contribution in [0.25, 0.3) is 0 Å².